The lowest BCUT2D eigenvalue weighted by Gasteiger charge is -2.20. The van der Waals surface area contributed by atoms with E-state index >= 15 is 0 Å². The lowest BCUT2D eigenvalue weighted by Crippen LogP contribution is -3.00. The molecule has 0 fully saturated rings. The van der Waals surface area contributed by atoms with Crippen LogP contribution in [-0.2, 0) is 12.8 Å². The molecule has 0 aromatic heterocycles. The van der Waals surface area contributed by atoms with Crippen molar-refractivity contribution >= 4 is 0 Å². The lowest BCUT2D eigenvalue weighted by atomic mass is 10.1. The van der Waals surface area contributed by atoms with Gasteiger partial charge >= 0.3 is 1.43 Å². The van der Waals surface area contributed by atoms with Gasteiger partial charge in [0.2, 0.25) is 0 Å². The second kappa shape index (κ2) is 11.3. The third-order valence-electron chi connectivity index (χ3n) is 4.01. The first-order valence-electron chi connectivity index (χ1n) is 8.18. The Morgan fingerprint density at radius 1 is 0.727 bits per heavy atom. The minimum atomic E-state index is 0. The molecule has 0 aliphatic heterocycles. The topological polar surface area (TPSA) is 3.24 Å². The van der Waals surface area contributed by atoms with Gasteiger partial charge in [-0.1, -0.05) is 67.6 Å². The highest BCUT2D eigenvalue weighted by atomic mass is 35.5. The number of aryl methyl sites for hydroxylation is 2. The van der Waals surface area contributed by atoms with Gasteiger partial charge in [-0.25, -0.2) is 0 Å². The van der Waals surface area contributed by atoms with Crippen LogP contribution in [0.2, 0.25) is 0 Å². The van der Waals surface area contributed by atoms with Crippen LogP contribution in [0.15, 0.2) is 60.7 Å². The maximum Gasteiger partial charge on any atom is 1.00 e. The summed E-state index contributed by atoms with van der Waals surface area (Å²) in [5.41, 5.74) is 2.91. The first kappa shape index (κ1) is 18.7. The molecule has 0 heterocycles. The number of hydrogen-bond acceptors (Lipinski definition) is 1. The zero-order chi connectivity index (χ0) is 14.8. The van der Waals surface area contributed by atoms with Gasteiger partial charge in [0.05, 0.1) is 0 Å². The predicted octanol–water partition coefficient (Wildman–Crippen LogP) is 1.69. The normalized spacial score (nSPS) is 10.5. The summed E-state index contributed by atoms with van der Waals surface area (Å²) in [7, 11) is 0. The van der Waals surface area contributed by atoms with Gasteiger partial charge in [-0.3, -0.25) is 0 Å². The van der Waals surface area contributed by atoms with Gasteiger partial charge in [0.1, 0.15) is 0 Å². The maximum absolute atomic E-state index is 2.58. The molecule has 0 spiro atoms. The monoisotopic (exact) mass is 317 g/mol. The lowest BCUT2D eigenvalue weighted by molar-refractivity contribution is -0.00000438. The Labute approximate surface area is 143 Å². The molecule has 1 nitrogen and oxygen atoms in total. The predicted molar refractivity (Wildman–Crippen MR) is 92.8 cm³/mol. The molecule has 0 saturated heterocycles. The van der Waals surface area contributed by atoms with Crippen LogP contribution >= 0.6 is 0 Å². The van der Waals surface area contributed by atoms with Gasteiger partial charge in [-0.15, -0.1) is 0 Å². The van der Waals surface area contributed by atoms with Gasteiger partial charge < -0.3 is 17.3 Å². The van der Waals surface area contributed by atoms with E-state index in [1.807, 2.05) is 0 Å². The van der Waals surface area contributed by atoms with E-state index in [1.54, 1.807) is 0 Å². The van der Waals surface area contributed by atoms with Crippen LogP contribution in [0.4, 0.5) is 0 Å². The molecule has 2 aromatic rings. The average molecular weight is 318 g/mol. The SMILES string of the molecule is CCN(CCCc1ccccc1)CCCc1ccccc1.[Cl-].[H+]. The van der Waals surface area contributed by atoms with Crippen LogP contribution in [-0.4, -0.2) is 24.5 Å². The Balaban J connectivity index is 0.00000242. The Hall–Kier alpha value is -1.31. The average Bonchev–Trinajstić information content (AvgIpc) is 2.55. The molecule has 0 N–H and O–H groups in total. The molecule has 0 aliphatic carbocycles. The van der Waals surface area contributed by atoms with Crippen LogP contribution in [0, 0.1) is 0 Å². The summed E-state index contributed by atoms with van der Waals surface area (Å²) in [5, 5.41) is 0. The number of halogens is 1. The van der Waals surface area contributed by atoms with Crippen LogP contribution in [0.25, 0.3) is 0 Å². The summed E-state index contributed by atoms with van der Waals surface area (Å²) in [4.78, 5) is 2.58. The summed E-state index contributed by atoms with van der Waals surface area (Å²) in [6.45, 7) is 5.84. The molecule has 0 bridgehead atoms. The van der Waals surface area contributed by atoms with E-state index in [2.05, 4.69) is 72.5 Å². The van der Waals surface area contributed by atoms with Crippen LogP contribution in [0.5, 0.6) is 0 Å². The Bertz CT molecular complexity index is 444. The molecule has 2 rings (SSSR count). The van der Waals surface area contributed by atoms with Crippen molar-refractivity contribution in [3.05, 3.63) is 71.8 Å². The molecule has 0 saturated carbocycles. The van der Waals surface area contributed by atoms with Crippen molar-refractivity contribution < 1.29 is 13.8 Å². The van der Waals surface area contributed by atoms with E-state index in [4.69, 9.17) is 0 Å². The van der Waals surface area contributed by atoms with Gasteiger partial charge in [-0.05, 0) is 56.4 Å². The summed E-state index contributed by atoms with van der Waals surface area (Å²) in [6, 6.07) is 21.6. The minimum Gasteiger partial charge on any atom is -1.00 e. The Morgan fingerprint density at radius 3 is 1.50 bits per heavy atom. The van der Waals surface area contributed by atoms with Crippen molar-refractivity contribution in [2.24, 2.45) is 0 Å². The molecule has 0 unspecified atom stereocenters. The van der Waals surface area contributed by atoms with Crippen LogP contribution in [0.1, 0.15) is 32.3 Å². The molecular formula is C20H28ClN. The highest BCUT2D eigenvalue weighted by molar-refractivity contribution is 5.15. The fourth-order valence-electron chi connectivity index (χ4n) is 2.73. The highest BCUT2D eigenvalue weighted by Crippen LogP contribution is 2.06. The van der Waals surface area contributed by atoms with E-state index in [0.717, 1.165) is 6.54 Å². The Kier molecular flexibility index (Phi) is 9.61. The van der Waals surface area contributed by atoms with Crippen molar-refractivity contribution in [2.75, 3.05) is 19.6 Å². The molecule has 0 radical (unpaired) electrons. The third-order valence-corrected chi connectivity index (χ3v) is 4.01. The minimum absolute atomic E-state index is 0. The molecular weight excluding hydrogens is 290 g/mol. The zero-order valence-electron chi connectivity index (χ0n) is 14.5. The van der Waals surface area contributed by atoms with E-state index < -0.39 is 0 Å². The quantitative estimate of drug-likeness (QED) is 0.680. The number of rotatable bonds is 9. The summed E-state index contributed by atoms with van der Waals surface area (Å²) in [5.74, 6) is 0. The summed E-state index contributed by atoms with van der Waals surface area (Å²) in [6.07, 6.45) is 4.89. The zero-order valence-corrected chi connectivity index (χ0v) is 14.3. The largest absolute Gasteiger partial charge is 1.00 e. The molecule has 0 aliphatic rings. The summed E-state index contributed by atoms with van der Waals surface area (Å²) < 4.78 is 0. The van der Waals surface area contributed by atoms with E-state index in [1.165, 1.54) is 49.9 Å². The highest BCUT2D eigenvalue weighted by Gasteiger charge is 2.02. The van der Waals surface area contributed by atoms with E-state index in [-0.39, 0.29) is 13.8 Å². The van der Waals surface area contributed by atoms with E-state index in [9.17, 15) is 0 Å². The van der Waals surface area contributed by atoms with Crippen LogP contribution in [0.3, 0.4) is 0 Å². The first-order chi connectivity index (χ1) is 10.4. The Morgan fingerprint density at radius 2 is 1.14 bits per heavy atom. The second-order valence-corrected chi connectivity index (χ2v) is 5.61. The van der Waals surface area contributed by atoms with Crippen molar-refractivity contribution in [1.82, 2.24) is 4.90 Å². The van der Waals surface area contributed by atoms with Crippen molar-refractivity contribution in [2.45, 2.75) is 32.6 Å². The van der Waals surface area contributed by atoms with Crippen molar-refractivity contribution in [1.29, 1.82) is 0 Å². The molecule has 2 aromatic carbocycles. The fourth-order valence-corrected chi connectivity index (χ4v) is 2.73. The maximum atomic E-state index is 2.58. The number of hydrogen-bond donors (Lipinski definition) is 0. The standard InChI is InChI=1S/C20H27N.ClH/c1-2-21(17-9-15-19-11-5-3-6-12-19)18-10-16-20-13-7-4-8-14-20;/h3-8,11-14H,2,9-10,15-18H2,1H3;1H. The first-order valence-corrected chi connectivity index (χ1v) is 8.18. The summed E-state index contributed by atoms with van der Waals surface area (Å²) >= 11 is 0. The van der Waals surface area contributed by atoms with Gasteiger partial charge in [0.15, 0.2) is 0 Å². The number of nitrogens with zero attached hydrogens (tertiary/aromatic N) is 1. The number of benzene rings is 2. The van der Waals surface area contributed by atoms with Gasteiger partial charge in [0, 0.05) is 0 Å². The van der Waals surface area contributed by atoms with Crippen LogP contribution < -0.4 is 12.4 Å². The van der Waals surface area contributed by atoms with E-state index in [0.29, 0.717) is 0 Å². The van der Waals surface area contributed by atoms with Gasteiger partial charge in [0.25, 0.3) is 0 Å². The molecule has 22 heavy (non-hydrogen) atoms. The van der Waals surface area contributed by atoms with Crippen molar-refractivity contribution in [3.8, 4) is 0 Å². The third kappa shape index (κ3) is 7.11. The smallest absolute Gasteiger partial charge is 1.00 e. The molecule has 2 heteroatoms. The second-order valence-electron chi connectivity index (χ2n) is 5.61. The van der Waals surface area contributed by atoms with Crippen molar-refractivity contribution in [3.63, 3.8) is 0 Å². The molecule has 0 amide bonds. The molecule has 120 valence electrons. The van der Waals surface area contributed by atoms with Gasteiger partial charge in [-0.2, -0.15) is 0 Å². The fraction of sp³-hybridized carbons (Fsp3) is 0.400. The molecule has 0 atom stereocenters.